The summed E-state index contributed by atoms with van der Waals surface area (Å²) in [5, 5.41) is 0. The van der Waals surface area contributed by atoms with Crippen LogP contribution in [0.3, 0.4) is 0 Å². The third kappa shape index (κ3) is 6.60. The molecule has 3 nitrogen and oxygen atoms in total. The fraction of sp³-hybridized carbons (Fsp3) is 0.625. The summed E-state index contributed by atoms with van der Waals surface area (Å²) in [6.45, 7) is 12.5. The van der Waals surface area contributed by atoms with Crippen molar-refractivity contribution in [2.24, 2.45) is 5.41 Å². The third-order valence-electron chi connectivity index (χ3n) is 3.10. The van der Waals surface area contributed by atoms with Crippen LogP contribution in [0, 0.1) is 5.41 Å². The Morgan fingerprint density at radius 1 is 0.950 bits per heavy atom. The van der Waals surface area contributed by atoms with E-state index in [0.29, 0.717) is 18.6 Å². The van der Waals surface area contributed by atoms with Gasteiger partial charge in [-0.3, -0.25) is 0 Å². The zero-order valence-corrected chi connectivity index (χ0v) is 14.1. The van der Waals surface area contributed by atoms with Crippen molar-refractivity contribution >= 4 is 0 Å². The van der Waals surface area contributed by atoms with Crippen molar-refractivity contribution in [1.29, 1.82) is 0 Å². The predicted octanol–water partition coefficient (Wildman–Crippen LogP) is -0.0433. The van der Waals surface area contributed by atoms with Crippen molar-refractivity contribution in [3.05, 3.63) is 29.8 Å². The summed E-state index contributed by atoms with van der Waals surface area (Å²) in [5.74, 6) is 4.20. The Morgan fingerprint density at radius 2 is 1.50 bits per heavy atom. The van der Waals surface area contributed by atoms with E-state index in [1.54, 1.807) is 0 Å². The van der Waals surface area contributed by atoms with Crippen molar-refractivity contribution in [2.45, 2.75) is 46.5 Å². The molecule has 0 saturated heterocycles. The molecule has 116 valence electrons. The van der Waals surface area contributed by atoms with Crippen LogP contribution in [0.5, 0.6) is 5.75 Å². The average molecular weight is 302 g/mol. The molecule has 0 aliphatic carbocycles. The molecule has 0 bridgehead atoms. The molecule has 0 heterocycles. The van der Waals surface area contributed by atoms with Crippen LogP contribution in [0.4, 0.5) is 0 Å². The van der Waals surface area contributed by atoms with E-state index in [1.165, 1.54) is 5.56 Å². The first kappa shape index (κ1) is 19.2. The molecule has 0 aromatic heterocycles. The lowest BCUT2D eigenvalue weighted by Gasteiger charge is -2.33. The van der Waals surface area contributed by atoms with Crippen molar-refractivity contribution in [2.75, 3.05) is 13.2 Å². The quantitative estimate of drug-likeness (QED) is 0.592. The lowest BCUT2D eigenvalue weighted by atomic mass is 9.72. The molecule has 20 heavy (non-hydrogen) atoms. The summed E-state index contributed by atoms with van der Waals surface area (Å²) in [7, 11) is 0. The Bertz CT molecular complexity index is 382. The molecule has 1 aromatic rings. The number of rotatable bonds is 6. The van der Waals surface area contributed by atoms with Crippen LogP contribution < -0.4 is 23.0 Å². The van der Waals surface area contributed by atoms with Crippen molar-refractivity contribution in [1.82, 2.24) is 0 Å². The fourth-order valence-electron chi connectivity index (χ4n) is 2.65. The van der Waals surface area contributed by atoms with Gasteiger partial charge in [-0.25, -0.2) is 10.7 Å². The van der Waals surface area contributed by atoms with Gasteiger partial charge >= 0.3 is 0 Å². The van der Waals surface area contributed by atoms with E-state index in [0.717, 1.165) is 12.2 Å². The molecule has 0 aliphatic rings. The minimum atomic E-state index is 0. The lowest BCUT2D eigenvalue weighted by Crippen LogP contribution is -3.00. The number of benzene rings is 1. The van der Waals surface area contributed by atoms with E-state index in [-0.39, 0.29) is 17.8 Å². The van der Waals surface area contributed by atoms with Gasteiger partial charge in [0, 0.05) is 0 Å². The number of hydrogen-bond donors (Lipinski definition) is 1. The number of ether oxygens (including phenoxy) is 1. The van der Waals surface area contributed by atoms with E-state index in [4.69, 9.17) is 9.57 Å². The maximum atomic E-state index is 5.55. The highest BCUT2D eigenvalue weighted by Gasteiger charge is 2.27. The number of hydrogen-bond acceptors (Lipinski definition) is 2. The first-order chi connectivity index (χ1) is 8.74. The van der Waals surface area contributed by atoms with Crippen LogP contribution in [0.2, 0.25) is 0 Å². The second-order valence-electron chi connectivity index (χ2n) is 6.90. The van der Waals surface area contributed by atoms with Gasteiger partial charge in [0.1, 0.15) is 19.0 Å². The molecule has 0 radical (unpaired) electrons. The SMILES string of the molecule is CC(C)(C)CC(C)(C)c1ccc(OCCO[NH3+])cc1.[Cl-]. The molecule has 1 rings (SSSR count). The Labute approximate surface area is 129 Å². The van der Waals surface area contributed by atoms with Gasteiger partial charge in [0.2, 0.25) is 0 Å². The summed E-state index contributed by atoms with van der Waals surface area (Å²) in [6, 6.07) is 8.38. The normalized spacial score (nSPS) is 11.9. The van der Waals surface area contributed by atoms with Gasteiger partial charge in [-0.05, 0) is 34.9 Å². The maximum Gasteiger partial charge on any atom is 0.140 e. The standard InChI is InChI=1S/C16H28NO2.ClH/c1-15(2,3)12-16(4,5)13-6-8-14(9-7-13)18-10-11-19-17;/h6-9H,10-12H2,1-5,17H3;1H/q+1;/p-1. The molecule has 0 spiro atoms. The lowest BCUT2D eigenvalue weighted by molar-refractivity contribution is -0.689. The third-order valence-corrected chi connectivity index (χ3v) is 3.10. The number of quaternary nitrogens is 1. The Balaban J connectivity index is 0.00000361. The monoisotopic (exact) mass is 301 g/mol. The van der Waals surface area contributed by atoms with E-state index in [1.807, 2.05) is 12.1 Å². The van der Waals surface area contributed by atoms with Crippen molar-refractivity contribution in [3.8, 4) is 5.75 Å². The maximum absolute atomic E-state index is 5.55. The van der Waals surface area contributed by atoms with Crippen LogP contribution in [0.25, 0.3) is 0 Å². The van der Waals surface area contributed by atoms with Gasteiger partial charge in [0.15, 0.2) is 0 Å². The van der Waals surface area contributed by atoms with Crippen LogP contribution >= 0.6 is 0 Å². The smallest absolute Gasteiger partial charge is 0.140 e. The van der Waals surface area contributed by atoms with Crippen molar-refractivity contribution < 1.29 is 27.9 Å². The molecule has 3 N–H and O–H groups in total. The van der Waals surface area contributed by atoms with Gasteiger partial charge < -0.3 is 17.1 Å². The van der Waals surface area contributed by atoms with Crippen molar-refractivity contribution in [3.63, 3.8) is 0 Å². The summed E-state index contributed by atoms with van der Waals surface area (Å²) >= 11 is 0. The number of halogens is 1. The van der Waals surface area contributed by atoms with Gasteiger partial charge in [-0.1, -0.05) is 46.8 Å². The molecule has 4 heteroatoms. The summed E-state index contributed by atoms with van der Waals surface area (Å²) in [6.07, 6.45) is 1.15. The molecule has 0 fully saturated rings. The fourth-order valence-corrected chi connectivity index (χ4v) is 2.65. The zero-order valence-electron chi connectivity index (χ0n) is 13.3. The van der Waals surface area contributed by atoms with Gasteiger partial charge in [0.05, 0.1) is 0 Å². The van der Waals surface area contributed by atoms with Crippen LogP contribution in [0.1, 0.15) is 46.6 Å². The molecule has 0 amide bonds. The zero-order chi connectivity index (χ0) is 14.5. The average Bonchev–Trinajstić information content (AvgIpc) is 2.27. The molecular weight excluding hydrogens is 274 g/mol. The highest BCUT2D eigenvalue weighted by Crippen LogP contribution is 2.36. The van der Waals surface area contributed by atoms with Crippen LogP contribution in [-0.4, -0.2) is 13.2 Å². The Kier molecular flexibility index (Phi) is 7.56. The van der Waals surface area contributed by atoms with E-state index >= 15 is 0 Å². The first-order valence-corrected chi connectivity index (χ1v) is 6.85. The Morgan fingerprint density at radius 3 is 1.95 bits per heavy atom. The van der Waals surface area contributed by atoms with Crippen LogP contribution in [-0.2, 0) is 10.3 Å². The van der Waals surface area contributed by atoms with Crippen LogP contribution in [0.15, 0.2) is 24.3 Å². The summed E-state index contributed by atoms with van der Waals surface area (Å²) in [4.78, 5) is 4.72. The topological polar surface area (TPSA) is 46.1 Å². The minimum absolute atomic E-state index is 0. The Hall–Kier alpha value is -0.770. The highest BCUT2D eigenvalue weighted by molar-refractivity contribution is 5.31. The molecule has 0 atom stereocenters. The first-order valence-electron chi connectivity index (χ1n) is 6.85. The molecule has 0 unspecified atom stereocenters. The summed E-state index contributed by atoms with van der Waals surface area (Å²) < 4.78 is 5.55. The predicted molar refractivity (Wildman–Crippen MR) is 77.9 cm³/mol. The second-order valence-corrected chi connectivity index (χ2v) is 6.90. The highest BCUT2D eigenvalue weighted by atomic mass is 35.5. The van der Waals surface area contributed by atoms with Gasteiger partial charge in [-0.2, -0.15) is 0 Å². The molecule has 0 aliphatic heterocycles. The van der Waals surface area contributed by atoms with Gasteiger partial charge in [0.25, 0.3) is 0 Å². The van der Waals surface area contributed by atoms with E-state index < -0.39 is 0 Å². The minimum Gasteiger partial charge on any atom is -1.00 e. The molecule has 1 aromatic carbocycles. The molecule has 0 saturated carbocycles. The van der Waals surface area contributed by atoms with Gasteiger partial charge in [-0.15, -0.1) is 0 Å². The largest absolute Gasteiger partial charge is 1.00 e. The summed E-state index contributed by atoms with van der Waals surface area (Å²) in [5.41, 5.74) is 1.85. The van der Waals surface area contributed by atoms with E-state index in [9.17, 15) is 0 Å². The molecular formula is C16H28ClNO2. The second kappa shape index (κ2) is 7.87. The van der Waals surface area contributed by atoms with E-state index in [2.05, 4.69) is 52.6 Å².